The van der Waals surface area contributed by atoms with E-state index in [1.165, 1.54) is 6.92 Å². The summed E-state index contributed by atoms with van der Waals surface area (Å²) < 4.78 is 5.91. The Morgan fingerprint density at radius 2 is 1.79 bits per heavy atom. The summed E-state index contributed by atoms with van der Waals surface area (Å²) in [6, 6.07) is 10.4. The van der Waals surface area contributed by atoms with Crippen LogP contribution in [0.5, 0.6) is 0 Å². The van der Waals surface area contributed by atoms with E-state index in [-0.39, 0.29) is 5.78 Å². The molecule has 0 fully saturated rings. The molecule has 0 radical (unpaired) electrons. The van der Waals surface area contributed by atoms with E-state index < -0.39 is 5.79 Å². The second-order valence-corrected chi connectivity index (χ2v) is 6.65. The zero-order valence-electron chi connectivity index (χ0n) is 13.4. The minimum absolute atomic E-state index is 0.0167. The van der Waals surface area contributed by atoms with Crippen LogP contribution in [0.3, 0.4) is 0 Å². The van der Waals surface area contributed by atoms with Gasteiger partial charge in [-0.2, -0.15) is 0 Å². The van der Waals surface area contributed by atoms with Gasteiger partial charge in [-0.3, -0.25) is 4.79 Å². The first-order valence-corrected chi connectivity index (χ1v) is 8.08. The fourth-order valence-corrected chi connectivity index (χ4v) is 3.11. The third-order valence-electron chi connectivity index (χ3n) is 3.83. The Morgan fingerprint density at radius 3 is 2.38 bits per heavy atom. The van der Waals surface area contributed by atoms with Gasteiger partial charge < -0.3 is 9.57 Å². The summed E-state index contributed by atoms with van der Waals surface area (Å²) in [7, 11) is 0. The second kappa shape index (κ2) is 6.11. The summed E-state index contributed by atoms with van der Waals surface area (Å²) in [4.78, 5) is 17.0. The molecule has 4 nitrogen and oxygen atoms in total. The van der Waals surface area contributed by atoms with Crippen molar-refractivity contribution in [1.82, 2.24) is 0 Å². The number of carbonyl (C=O) groups excluding carboxylic acids is 1. The van der Waals surface area contributed by atoms with Crippen LogP contribution in [0.4, 0.5) is 0 Å². The smallest absolute Gasteiger partial charge is 0.301 e. The molecule has 124 valence electrons. The summed E-state index contributed by atoms with van der Waals surface area (Å²) in [5.41, 5.74) is 2.92. The summed E-state index contributed by atoms with van der Waals surface area (Å²) in [5.74, 6) is -0.758. The van der Waals surface area contributed by atoms with E-state index in [9.17, 15) is 4.79 Å². The van der Waals surface area contributed by atoms with Gasteiger partial charge in [-0.15, -0.1) is 0 Å². The number of hydrogen-bond donors (Lipinski definition) is 0. The van der Waals surface area contributed by atoms with Crippen molar-refractivity contribution in [2.45, 2.75) is 26.6 Å². The predicted molar refractivity (Wildman–Crippen MR) is 93.7 cm³/mol. The fourth-order valence-electron chi connectivity index (χ4n) is 2.58. The van der Waals surface area contributed by atoms with Gasteiger partial charge in [-0.25, -0.2) is 0 Å². The van der Waals surface area contributed by atoms with Crippen LogP contribution in [0.1, 0.15) is 40.9 Å². The highest BCUT2D eigenvalue weighted by molar-refractivity contribution is 6.34. The van der Waals surface area contributed by atoms with Crippen LogP contribution >= 0.6 is 23.2 Å². The molecule has 1 aliphatic heterocycles. The lowest BCUT2D eigenvalue weighted by atomic mass is 10.0. The monoisotopic (exact) mass is 363 g/mol. The Hall–Kier alpha value is -2.04. The molecule has 3 rings (SSSR count). The van der Waals surface area contributed by atoms with Gasteiger partial charge in [0.2, 0.25) is 0 Å². The van der Waals surface area contributed by atoms with Crippen molar-refractivity contribution in [3.63, 3.8) is 0 Å². The molecule has 0 amide bonds. The third-order valence-corrected chi connectivity index (χ3v) is 4.27. The predicted octanol–water partition coefficient (Wildman–Crippen LogP) is 5.09. The van der Waals surface area contributed by atoms with E-state index >= 15 is 0 Å². The average molecular weight is 364 g/mol. The Labute approximate surface area is 150 Å². The lowest BCUT2D eigenvalue weighted by Gasteiger charge is -2.22. The van der Waals surface area contributed by atoms with E-state index in [0.29, 0.717) is 27.1 Å². The minimum Gasteiger partial charge on any atom is -0.426 e. The molecule has 0 aliphatic carbocycles. The average Bonchev–Trinajstić information content (AvgIpc) is 2.90. The highest BCUT2D eigenvalue weighted by Crippen LogP contribution is 2.36. The van der Waals surface area contributed by atoms with Gasteiger partial charge in [0.25, 0.3) is 5.90 Å². The summed E-state index contributed by atoms with van der Waals surface area (Å²) >= 11 is 12.1. The number of halogens is 2. The fraction of sp³-hybridized carbons (Fsp3) is 0.222. The number of benzene rings is 2. The Kier molecular flexibility index (Phi) is 4.28. The molecule has 0 spiro atoms. The van der Waals surface area contributed by atoms with Crippen molar-refractivity contribution in [1.29, 1.82) is 0 Å². The van der Waals surface area contributed by atoms with Gasteiger partial charge in [-0.05, 0) is 54.9 Å². The van der Waals surface area contributed by atoms with Crippen LogP contribution in [0.25, 0.3) is 0 Å². The van der Waals surface area contributed by atoms with Crippen molar-refractivity contribution in [2.75, 3.05) is 0 Å². The third kappa shape index (κ3) is 3.12. The van der Waals surface area contributed by atoms with Crippen LogP contribution < -0.4 is 0 Å². The largest absolute Gasteiger partial charge is 0.426 e. The molecule has 2 aromatic carbocycles. The van der Waals surface area contributed by atoms with E-state index in [1.807, 2.05) is 13.0 Å². The molecule has 1 unspecified atom stereocenters. The molecule has 0 aromatic heterocycles. The molecular weight excluding hydrogens is 349 g/mol. The molecule has 2 aromatic rings. The van der Waals surface area contributed by atoms with E-state index in [0.717, 1.165) is 11.1 Å². The number of hydrogen-bond acceptors (Lipinski definition) is 4. The van der Waals surface area contributed by atoms with Crippen LogP contribution in [0.2, 0.25) is 10.0 Å². The van der Waals surface area contributed by atoms with Gasteiger partial charge in [0.05, 0.1) is 0 Å². The quantitative estimate of drug-likeness (QED) is 0.713. The number of ketones is 1. The minimum atomic E-state index is -1.11. The van der Waals surface area contributed by atoms with E-state index in [2.05, 4.69) is 5.16 Å². The number of rotatable bonds is 3. The van der Waals surface area contributed by atoms with Crippen LogP contribution in [-0.4, -0.2) is 11.7 Å². The van der Waals surface area contributed by atoms with Crippen molar-refractivity contribution >= 4 is 34.9 Å². The first-order chi connectivity index (χ1) is 11.3. The molecule has 0 saturated carbocycles. The Morgan fingerprint density at radius 1 is 1.12 bits per heavy atom. The van der Waals surface area contributed by atoms with Gasteiger partial charge in [0.15, 0.2) is 5.78 Å². The lowest BCUT2D eigenvalue weighted by molar-refractivity contribution is -0.152. The zero-order valence-corrected chi connectivity index (χ0v) is 14.9. The maximum atomic E-state index is 11.5. The number of carbonyl (C=O) groups is 1. The van der Waals surface area contributed by atoms with E-state index in [4.69, 9.17) is 32.8 Å². The molecule has 0 saturated heterocycles. The normalized spacial score (nSPS) is 19.5. The zero-order chi connectivity index (χ0) is 17.5. The standard InChI is InChI=1S/C18H15Cl2NO3/c1-10-6-12(4-5-16(10)11(2)22)17-21-24-18(3,23-17)13-7-14(19)9-15(20)8-13/h4-9H,1-3H3. The highest BCUT2D eigenvalue weighted by Gasteiger charge is 2.39. The summed E-state index contributed by atoms with van der Waals surface area (Å²) in [6.07, 6.45) is 0. The first kappa shape index (κ1) is 16.8. The van der Waals surface area contributed by atoms with Gasteiger partial charge >= 0.3 is 5.79 Å². The van der Waals surface area contributed by atoms with Crippen molar-refractivity contribution in [2.24, 2.45) is 5.16 Å². The Balaban J connectivity index is 1.89. The number of Topliss-reactive ketones (excluding diaryl/α,β-unsaturated/α-hetero) is 1. The summed E-state index contributed by atoms with van der Waals surface area (Å²) in [5, 5.41) is 5.01. The number of aryl methyl sites for hydroxylation is 1. The number of ether oxygens (including phenoxy) is 1. The van der Waals surface area contributed by atoms with Crippen molar-refractivity contribution in [3.8, 4) is 0 Å². The van der Waals surface area contributed by atoms with Crippen molar-refractivity contribution < 1.29 is 14.4 Å². The topological polar surface area (TPSA) is 47.9 Å². The molecule has 1 aliphatic rings. The van der Waals surface area contributed by atoms with Crippen LogP contribution in [0.15, 0.2) is 41.6 Å². The highest BCUT2D eigenvalue weighted by atomic mass is 35.5. The first-order valence-electron chi connectivity index (χ1n) is 7.32. The van der Waals surface area contributed by atoms with Gasteiger partial charge in [0.1, 0.15) is 0 Å². The van der Waals surface area contributed by atoms with Crippen LogP contribution in [-0.2, 0) is 15.4 Å². The van der Waals surface area contributed by atoms with Gasteiger partial charge in [0, 0.05) is 33.7 Å². The molecule has 0 bridgehead atoms. The molecular formula is C18H15Cl2NO3. The maximum absolute atomic E-state index is 11.5. The van der Waals surface area contributed by atoms with E-state index in [1.54, 1.807) is 37.3 Å². The molecule has 24 heavy (non-hydrogen) atoms. The summed E-state index contributed by atoms with van der Waals surface area (Å²) in [6.45, 7) is 5.14. The number of nitrogens with zero attached hydrogens (tertiary/aromatic N) is 1. The maximum Gasteiger partial charge on any atom is 0.301 e. The molecule has 1 atom stereocenters. The van der Waals surface area contributed by atoms with Crippen LogP contribution in [0, 0.1) is 6.92 Å². The molecule has 6 heteroatoms. The second-order valence-electron chi connectivity index (χ2n) is 5.78. The SMILES string of the molecule is CC(=O)c1ccc(C2=NOC(C)(c3cc(Cl)cc(Cl)c3)O2)cc1C. The van der Waals surface area contributed by atoms with Crippen molar-refractivity contribution in [3.05, 3.63) is 68.7 Å². The number of oxime groups is 1. The molecule has 0 N–H and O–H groups in total. The van der Waals surface area contributed by atoms with Gasteiger partial charge in [-0.1, -0.05) is 29.3 Å². The molecule has 1 heterocycles. The Bertz CT molecular complexity index is 843. The lowest BCUT2D eigenvalue weighted by Crippen LogP contribution is -2.25.